The van der Waals surface area contributed by atoms with E-state index in [4.69, 9.17) is 4.74 Å². The van der Waals surface area contributed by atoms with Gasteiger partial charge in [0, 0.05) is 63.7 Å². The first kappa shape index (κ1) is 19.9. The summed E-state index contributed by atoms with van der Waals surface area (Å²) in [5.74, 6) is 0.0637. The van der Waals surface area contributed by atoms with E-state index < -0.39 is 0 Å². The predicted octanol–water partition coefficient (Wildman–Crippen LogP) is 3.19. The Morgan fingerprint density at radius 3 is 2.59 bits per heavy atom. The molecule has 0 saturated carbocycles. The molecule has 2 aromatic carbocycles. The number of nitrogens with zero attached hydrogens (tertiary/aromatic N) is 3. The van der Waals surface area contributed by atoms with Crippen LogP contribution in [0.2, 0.25) is 0 Å². The predicted molar refractivity (Wildman–Crippen MR) is 118 cm³/mol. The summed E-state index contributed by atoms with van der Waals surface area (Å²) < 4.78 is 6.00. The Balaban J connectivity index is 1.22. The first-order valence-corrected chi connectivity index (χ1v) is 10.6. The van der Waals surface area contributed by atoms with Crippen LogP contribution in [0.1, 0.15) is 18.9 Å². The van der Waals surface area contributed by atoms with E-state index >= 15 is 0 Å². The highest BCUT2D eigenvalue weighted by Gasteiger charge is 2.31. The Morgan fingerprint density at radius 2 is 1.79 bits per heavy atom. The highest BCUT2D eigenvalue weighted by molar-refractivity contribution is 5.99. The third-order valence-electron chi connectivity index (χ3n) is 6.10. The number of rotatable bonds is 6. The van der Waals surface area contributed by atoms with Gasteiger partial charge in [-0.25, -0.2) is 0 Å². The molecule has 2 aliphatic rings. The summed E-state index contributed by atoms with van der Waals surface area (Å²) in [6.45, 7) is 7.11. The lowest BCUT2D eigenvalue weighted by molar-refractivity contribution is -0.130. The molecule has 2 aliphatic heterocycles. The highest BCUT2D eigenvalue weighted by Crippen LogP contribution is 2.27. The molecule has 4 rings (SSSR count). The number of carbonyl (C=O) groups is 1. The molecule has 2 heterocycles. The molecular formula is C24H31N3O2. The second-order valence-electron chi connectivity index (χ2n) is 8.12. The van der Waals surface area contributed by atoms with Crippen LogP contribution in [-0.2, 0) is 16.0 Å². The molecule has 5 nitrogen and oxygen atoms in total. The van der Waals surface area contributed by atoms with Crippen molar-refractivity contribution in [3.63, 3.8) is 0 Å². The number of carbonyl (C=O) groups excluding carboxylic acids is 1. The molecule has 0 aromatic heterocycles. The van der Waals surface area contributed by atoms with Crippen LogP contribution in [0.15, 0.2) is 54.6 Å². The second kappa shape index (κ2) is 8.97. The molecule has 0 spiro atoms. The van der Waals surface area contributed by atoms with Crippen molar-refractivity contribution in [2.24, 2.45) is 0 Å². The smallest absolute Gasteiger partial charge is 0.256 e. The molecule has 1 fully saturated rings. The van der Waals surface area contributed by atoms with Gasteiger partial charge in [-0.2, -0.15) is 0 Å². The van der Waals surface area contributed by atoms with Gasteiger partial charge >= 0.3 is 0 Å². The molecule has 2 aromatic rings. The van der Waals surface area contributed by atoms with E-state index in [0.29, 0.717) is 19.1 Å². The molecule has 2 unspecified atom stereocenters. The average Bonchev–Trinajstić information content (AvgIpc) is 2.75. The van der Waals surface area contributed by atoms with E-state index in [9.17, 15) is 4.79 Å². The third kappa shape index (κ3) is 4.46. The molecular weight excluding hydrogens is 362 g/mol. The maximum absolute atomic E-state index is 12.6. The zero-order valence-electron chi connectivity index (χ0n) is 17.5. The molecule has 29 heavy (non-hydrogen) atoms. The summed E-state index contributed by atoms with van der Waals surface area (Å²) >= 11 is 0. The molecule has 0 aliphatic carbocycles. The Kier molecular flexibility index (Phi) is 6.16. The Bertz CT molecular complexity index is 826. The number of hydrogen-bond acceptors (Lipinski definition) is 4. The number of anilines is 2. The summed E-state index contributed by atoms with van der Waals surface area (Å²) in [6, 6.07) is 19.2. The zero-order chi connectivity index (χ0) is 20.2. The molecule has 1 amide bonds. The quantitative estimate of drug-likeness (QED) is 0.706. The van der Waals surface area contributed by atoms with Crippen molar-refractivity contribution < 1.29 is 9.53 Å². The van der Waals surface area contributed by atoms with Crippen LogP contribution in [0.4, 0.5) is 11.4 Å². The summed E-state index contributed by atoms with van der Waals surface area (Å²) in [6.07, 6.45) is 1.27. The van der Waals surface area contributed by atoms with Crippen LogP contribution in [0.3, 0.4) is 0 Å². The number of hydrogen-bond donors (Lipinski definition) is 0. The van der Waals surface area contributed by atoms with Crippen LogP contribution in [0.5, 0.6) is 0 Å². The Morgan fingerprint density at radius 1 is 1.03 bits per heavy atom. The van der Waals surface area contributed by atoms with Crippen LogP contribution in [-0.4, -0.2) is 62.8 Å². The van der Waals surface area contributed by atoms with Crippen molar-refractivity contribution in [2.75, 3.05) is 49.6 Å². The van der Waals surface area contributed by atoms with Gasteiger partial charge in [0.1, 0.15) is 6.10 Å². The SMILES string of the molecule is CC1CN(CCCOC2Cc3ccccc3N(C)C2=O)CCN1c1ccccc1. The van der Waals surface area contributed by atoms with Gasteiger partial charge in [-0.15, -0.1) is 0 Å². The lowest BCUT2D eigenvalue weighted by Gasteiger charge is -2.41. The molecule has 0 N–H and O–H groups in total. The summed E-state index contributed by atoms with van der Waals surface area (Å²) in [5, 5.41) is 0. The van der Waals surface area contributed by atoms with Crippen molar-refractivity contribution in [1.29, 1.82) is 0 Å². The zero-order valence-corrected chi connectivity index (χ0v) is 17.5. The van der Waals surface area contributed by atoms with Crippen LogP contribution < -0.4 is 9.80 Å². The first-order valence-electron chi connectivity index (χ1n) is 10.6. The lowest BCUT2D eigenvalue weighted by atomic mass is 9.99. The fourth-order valence-corrected chi connectivity index (χ4v) is 4.52. The maximum atomic E-state index is 12.6. The van der Waals surface area contributed by atoms with E-state index in [0.717, 1.165) is 38.3 Å². The van der Waals surface area contributed by atoms with E-state index in [1.807, 2.05) is 25.2 Å². The molecule has 1 saturated heterocycles. The van der Waals surface area contributed by atoms with E-state index in [1.165, 1.54) is 11.3 Å². The highest BCUT2D eigenvalue weighted by atomic mass is 16.5. The van der Waals surface area contributed by atoms with Crippen molar-refractivity contribution in [3.05, 3.63) is 60.2 Å². The van der Waals surface area contributed by atoms with Gasteiger partial charge in [-0.05, 0) is 37.1 Å². The van der Waals surface area contributed by atoms with Crippen molar-refractivity contribution in [2.45, 2.75) is 31.9 Å². The maximum Gasteiger partial charge on any atom is 0.256 e. The van der Waals surface area contributed by atoms with Crippen LogP contribution >= 0.6 is 0 Å². The average molecular weight is 394 g/mol. The van der Waals surface area contributed by atoms with E-state index in [1.54, 1.807) is 4.90 Å². The fourth-order valence-electron chi connectivity index (χ4n) is 4.52. The number of piperazine rings is 1. The largest absolute Gasteiger partial charge is 0.368 e. The molecule has 0 bridgehead atoms. The minimum Gasteiger partial charge on any atom is -0.368 e. The van der Waals surface area contributed by atoms with Gasteiger partial charge in [-0.3, -0.25) is 9.69 Å². The minimum absolute atomic E-state index is 0.0637. The lowest BCUT2D eigenvalue weighted by Crippen LogP contribution is -2.52. The number of fused-ring (bicyclic) bond motifs is 1. The van der Waals surface area contributed by atoms with Gasteiger partial charge in [0.15, 0.2) is 0 Å². The van der Waals surface area contributed by atoms with Crippen LogP contribution in [0.25, 0.3) is 0 Å². The van der Waals surface area contributed by atoms with Gasteiger partial charge in [0.25, 0.3) is 5.91 Å². The molecule has 0 radical (unpaired) electrons. The first-order chi connectivity index (χ1) is 14.1. The number of amides is 1. The standard InChI is InChI=1S/C24H31N3O2/c1-19-18-26(14-15-27(19)21-10-4-3-5-11-21)13-8-16-29-23-17-20-9-6-7-12-22(20)25(2)24(23)28/h3-7,9-12,19,23H,8,13-18H2,1-2H3. The molecule has 154 valence electrons. The molecule has 2 atom stereocenters. The summed E-state index contributed by atoms with van der Waals surface area (Å²) in [4.78, 5) is 19.3. The Labute approximate surface area is 173 Å². The summed E-state index contributed by atoms with van der Waals surface area (Å²) in [5.41, 5.74) is 3.50. The molecule has 5 heteroatoms. The normalized spacial score (nSPS) is 22.6. The number of para-hydroxylation sites is 2. The van der Waals surface area contributed by atoms with E-state index in [2.05, 4.69) is 53.1 Å². The van der Waals surface area contributed by atoms with Crippen molar-refractivity contribution >= 4 is 17.3 Å². The van der Waals surface area contributed by atoms with Gasteiger partial charge < -0.3 is 14.5 Å². The summed E-state index contributed by atoms with van der Waals surface area (Å²) in [7, 11) is 1.84. The number of likely N-dealkylation sites (N-methyl/N-ethyl adjacent to an activating group) is 1. The van der Waals surface area contributed by atoms with Crippen molar-refractivity contribution in [1.82, 2.24) is 4.90 Å². The van der Waals surface area contributed by atoms with Crippen molar-refractivity contribution in [3.8, 4) is 0 Å². The second-order valence-corrected chi connectivity index (χ2v) is 8.12. The van der Waals surface area contributed by atoms with E-state index in [-0.39, 0.29) is 12.0 Å². The van der Waals surface area contributed by atoms with Gasteiger partial charge in [0.2, 0.25) is 0 Å². The number of benzene rings is 2. The van der Waals surface area contributed by atoms with Gasteiger partial charge in [0.05, 0.1) is 0 Å². The third-order valence-corrected chi connectivity index (χ3v) is 6.10. The van der Waals surface area contributed by atoms with Crippen LogP contribution in [0, 0.1) is 0 Å². The Hall–Kier alpha value is -2.37. The fraction of sp³-hybridized carbons (Fsp3) is 0.458. The van der Waals surface area contributed by atoms with Gasteiger partial charge in [-0.1, -0.05) is 36.4 Å². The monoisotopic (exact) mass is 393 g/mol. The minimum atomic E-state index is -0.358. The topological polar surface area (TPSA) is 36.0 Å². The number of ether oxygens (including phenoxy) is 1.